The Labute approximate surface area is 232 Å². The highest BCUT2D eigenvalue weighted by atomic mass is 19.4. The SMILES string of the molecule is C=C(CC(C)(C)C)NC(C1=Nc2cc(C(CCC)N3CC(C(F)(F)F)NC3=C)ccc2C1)C(C1CC1)C1CC1. The molecule has 0 spiro atoms. The van der Waals surface area contributed by atoms with Crippen molar-refractivity contribution in [1.82, 2.24) is 15.5 Å². The van der Waals surface area contributed by atoms with Crippen LogP contribution in [0.2, 0.25) is 0 Å². The number of nitrogens with zero attached hydrogens (tertiary/aromatic N) is 2. The van der Waals surface area contributed by atoms with Crippen LogP contribution < -0.4 is 10.6 Å². The smallest absolute Gasteiger partial charge is 0.380 e. The van der Waals surface area contributed by atoms with Gasteiger partial charge >= 0.3 is 6.18 Å². The van der Waals surface area contributed by atoms with E-state index in [2.05, 4.69) is 69.7 Å². The fourth-order valence-electron chi connectivity index (χ4n) is 6.73. The van der Waals surface area contributed by atoms with Crippen LogP contribution in [0, 0.1) is 23.2 Å². The first kappa shape index (κ1) is 28.1. The maximum Gasteiger partial charge on any atom is 0.410 e. The van der Waals surface area contributed by atoms with Gasteiger partial charge in [-0.1, -0.05) is 59.4 Å². The molecule has 0 bridgehead atoms. The quantitative estimate of drug-likeness (QED) is 0.300. The van der Waals surface area contributed by atoms with E-state index >= 15 is 0 Å². The molecular formula is C32H45F3N4. The maximum atomic E-state index is 13.5. The molecule has 3 fully saturated rings. The molecule has 0 aromatic heterocycles. The monoisotopic (exact) mass is 542 g/mol. The predicted octanol–water partition coefficient (Wildman–Crippen LogP) is 7.81. The van der Waals surface area contributed by atoms with Gasteiger partial charge in [0, 0.05) is 24.4 Å². The summed E-state index contributed by atoms with van der Waals surface area (Å²) in [5.41, 5.74) is 5.61. The van der Waals surface area contributed by atoms with Crippen LogP contribution in [0.4, 0.5) is 18.9 Å². The molecule has 5 rings (SSSR count). The third-order valence-electron chi connectivity index (χ3n) is 8.71. The first-order valence-corrected chi connectivity index (χ1v) is 14.8. The van der Waals surface area contributed by atoms with Crippen molar-refractivity contribution in [3.05, 3.63) is 54.0 Å². The summed E-state index contributed by atoms with van der Waals surface area (Å²) in [4.78, 5) is 7.01. The highest BCUT2D eigenvalue weighted by molar-refractivity contribution is 5.98. The van der Waals surface area contributed by atoms with Crippen LogP contribution in [-0.2, 0) is 6.42 Å². The van der Waals surface area contributed by atoms with Gasteiger partial charge in [-0.2, -0.15) is 13.2 Å². The molecule has 3 unspecified atom stereocenters. The number of fused-ring (bicyclic) bond motifs is 1. The van der Waals surface area contributed by atoms with Crippen molar-refractivity contribution in [2.24, 2.45) is 28.2 Å². The molecule has 2 aliphatic heterocycles. The van der Waals surface area contributed by atoms with Crippen molar-refractivity contribution >= 4 is 11.4 Å². The first-order valence-electron chi connectivity index (χ1n) is 14.8. The van der Waals surface area contributed by atoms with Gasteiger partial charge in [-0.15, -0.1) is 0 Å². The summed E-state index contributed by atoms with van der Waals surface area (Å²) in [6.45, 7) is 17.0. The third kappa shape index (κ3) is 6.49. The molecule has 0 radical (unpaired) electrons. The van der Waals surface area contributed by atoms with Crippen molar-refractivity contribution in [1.29, 1.82) is 0 Å². The van der Waals surface area contributed by atoms with Crippen LogP contribution in [0.1, 0.15) is 89.8 Å². The van der Waals surface area contributed by atoms with Crippen molar-refractivity contribution in [2.45, 2.75) is 103 Å². The van der Waals surface area contributed by atoms with E-state index in [-0.39, 0.29) is 24.0 Å². The van der Waals surface area contributed by atoms with Gasteiger partial charge in [0.1, 0.15) is 6.04 Å². The number of aliphatic imine (C=N–C) groups is 1. The lowest BCUT2D eigenvalue weighted by Crippen LogP contribution is -2.44. The average Bonchev–Trinajstić information content (AvgIpc) is 3.76. The van der Waals surface area contributed by atoms with Gasteiger partial charge in [-0.25, -0.2) is 0 Å². The molecule has 1 saturated heterocycles. The molecule has 2 aliphatic carbocycles. The van der Waals surface area contributed by atoms with E-state index in [0.717, 1.165) is 54.5 Å². The van der Waals surface area contributed by atoms with E-state index in [1.54, 1.807) is 4.90 Å². The van der Waals surface area contributed by atoms with Crippen LogP contribution in [0.25, 0.3) is 0 Å². The second-order valence-electron chi connectivity index (χ2n) is 13.5. The summed E-state index contributed by atoms with van der Waals surface area (Å²) >= 11 is 0. The normalized spacial score (nSPS) is 23.0. The number of nitrogens with one attached hydrogen (secondary N) is 2. The molecule has 0 amide bonds. The molecule has 1 aromatic carbocycles. The molecule has 1 aromatic rings. The number of rotatable bonds is 11. The molecule has 214 valence electrons. The van der Waals surface area contributed by atoms with E-state index in [4.69, 9.17) is 4.99 Å². The number of hydrogen-bond acceptors (Lipinski definition) is 4. The van der Waals surface area contributed by atoms with Gasteiger partial charge in [0.05, 0.1) is 23.6 Å². The van der Waals surface area contributed by atoms with E-state index in [0.29, 0.717) is 11.7 Å². The van der Waals surface area contributed by atoms with E-state index in [1.165, 1.54) is 37.0 Å². The summed E-state index contributed by atoms with van der Waals surface area (Å²) < 4.78 is 40.4. The summed E-state index contributed by atoms with van der Waals surface area (Å²) in [6.07, 6.45) is 4.28. The summed E-state index contributed by atoms with van der Waals surface area (Å²) in [5.74, 6) is 2.48. The van der Waals surface area contributed by atoms with E-state index in [1.807, 2.05) is 0 Å². The maximum absolute atomic E-state index is 13.5. The minimum Gasteiger partial charge on any atom is -0.380 e. The zero-order valence-corrected chi connectivity index (χ0v) is 24.0. The molecule has 7 heteroatoms. The van der Waals surface area contributed by atoms with Crippen LogP contribution in [0.15, 0.2) is 47.9 Å². The Kier molecular flexibility index (Phi) is 7.58. The minimum absolute atomic E-state index is 0.120. The second-order valence-corrected chi connectivity index (χ2v) is 13.5. The Hall–Kier alpha value is -2.44. The van der Waals surface area contributed by atoms with Crippen LogP contribution in [-0.4, -0.2) is 35.4 Å². The lowest BCUT2D eigenvalue weighted by atomic mass is 9.84. The highest BCUT2D eigenvalue weighted by Gasteiger charge is 2.48. The topological polar surface area (TPSA) is 39.7 Å². The van der Waals surface area contributed by atoms with Crippen molar-refractivity contribution in [2.75, 3.05) is 6.54 Å². The fraction of sp³-hybridized carbons (Fsp3) is 0.656. The Balaban J connectivity index is 1.40. The average molecular weight is 543 g/mol. The number of halogens is 3. The van der Waals surface area contributed by atoms with Crippen molar-refractivity contribution in [3.63, 3.8) is 0 Å². The zero-order valence-electron chi connectivity index (χ0n) is 24.0. The molecule has 4 aliphatic rings. The Morgan fingerprint density at radius 2 is 1.82 bits per heavy atom. The van der Waals surface area contributed by atoms with Gasteiger partial charge in [-0.05, 0) is 78.9 Å². The van der Waals surface area contributed by atoms with Crippen LogP contribution >= 0.6 is 0 Å². The first-order chi connectivity index (χ1) is 18.3. The van der Waals surface area contributed by atoms with Crippen molar-refractivity contribution < 1.29 is 13.2 Å². The van der Waals surface area contributed by atoms with Gasteiger partial charge in [0.15, 0.2) is 0 Å². The van der Waals surface area contributed by atoms with Gasteiger partial charge in [-0.3, -0.25) is 4.99 Å². The second kappa shape index (κ2) is 10.5. The van der Waals surface area contributed by atoms with Gasteiger partial charge in [0.25, 0.3) is 0 Å². The summed E-state index contributed by atoms with van der Waals surface area (Å²) in [5, 5.41) is 6.43. The van der Waals surface area contributed by atoms with Crippen LogP contribution in [0.5, 0.6) is 0 Å². The number of benzene rings is 1. The van der Waals surface area contributed by atoms with E-state index < -0.39 is 12.2 Å². The zero-order chi connectivity index (χ0) is 28.1. The number of hydrogen-bond donors (Lipinski definition) is 2. The third-order valence-corrected chi connectivity index (χ3v) is 8.71. The van der Waals surface area contributed by atoms with Crippen molar-refractivity contribution in [3.8, 4) is 0 Å². The van der Waals surface area contributed by atoms with Crippen LogP contribution in [0.3, 0.4) is 0 Å². The minimum atomic E-state index is -4.30. The lowest BCUT2D eigenvalue weighted by molar-refractivity contribution is -0.150. The number of alkyl halides is 3. The standard InChI is InChI=1S/C32H45F3N4/c1-7-8-27(39-18-28(32(33,34)35)37-20(39)3)24-14-13-23-15-26(38-25(23)16-24)30(36-19(2)17-31(4,5)6)29(21-9-10-21)22-11-12-22/h13-14,16,21-22,27-30,36-37H,2-3,7-12,15,17-18H2,1,4-6H3. The lowest BCUT2D eigenvalue weighted by Gasteiger charge is -2.32. The van der Waals surface area contributed by atoms with E-state index in [9.17, 15) is 13.2 Å². The Bertz CT molecular complexity index is 1110. The molecule has 3 atom stereocenters. The Morgan fingerprint density at radius 3 is 2.36 bits per heavy atom. The number of allylic oxidation sites excluding steroid dienone is 1. The summed E-state index contributed by atoms with van der Waals surface area (Å²) in [6, 6.07) is 4.78. The molecule has 2 saturated carbocycles. The summed E-state index contributed by atoms with van der Waals surface area (Å²) in [7, 11) is 0. The van der Waals surface area contributed by atoms with Gasteiger partial charge < -0.3 is 15.5 Å². The molecule has 4 nitrogen and oxygen atoms in total. The highest BCUT2D eigenvalue weighted by Crippen LogP contribution is 2.52. The van der Waals surface area contributed by atoms with Gasteiger partial charge in [0.2, 0.25) is 0 Å². The molecule has 39 heavy (non-hydrogen) atoms. The molecule has 2 heterocycles. The Morgan fingerprint density at radius 1 is 1.15 bits per heavy atom. The predicted molar refractivity (Wildman–Crippen MR) is 153 cm³/mol. The molecular weight excluding hydrogens is 497 g/mol. The largest absolute Gasteiger partial charge is 0.410 e. The fourth-order valence-corrected chi connectivity index (χ4v) is 6.73. The molecule has 2 N–H and O–H groups in total.